The summed E-state index contributed by atoms with van der Waals surface area (Å²) in [5, 5.41) is 0.590. The number of ether oxygens (including phenoxy) is 1. The van der Waals surface area contributed by atoms with Crippen LogP contribution in [0.5, 0.6) is 0 Å². The molecule has 1 N–H and O–H groups in total. The zero-order chi connectivity index (χ0) is 9.24. The van der Waals surface area contributed by atoms with E-state index in [9.17, 15) is 8.42 Å². The van der Waals surface area contributed by atoms with Gasteiger partial charge in [0.1, 0.15) is 0 Å². The van der Waals surface area contributed by atoms with Crippen LogP contribution in [0.1, 0.15) is 6.42 Å². The molecule has 4 nitrogen and oxygen atoms in total. The average molecular weight is 258 g/mol. The third-order valence-electron chi connectivity index (χ3n) is 1.76. The first-order valence-electron chi connectivity index (χ1n) is 3.60. The van der Waals surface area contributed by atoms with E-state index in [1.165, 1.54) is 0 Å². The number of sulfonamides is 1. The fraction of sp³-hybridized carbons (Fsp3) is 1.00. The lowest BCUT2D eigenvalue weighted by molar-refractivity contribution is 0.179. The zero-order valence-electron chi connectivity index (χ0n) is 6.84. The van der Waals surface area contributed by atoms with Crippen LogP contribution in [0.15, 0.2) is 0 Å². The third kappa shape index (κ3) is 2.69. The molecule has 0 bridgehead atoms. The number of alkyl halides is 1. The molecule has 1 fully saturated rings. The summed E-state index contributed by atoms with van der Waals surface area (Å²) in [4.78, 5) is 0. The van der Waals surface area contributed by atoms with Crippen LogP contribution >= 0.6 is 15.9 Å². The highest BCUT2D eigenvalue weighted by Crippen LogP contribution is 2.21. The summed E-state index contributed by atoms with van der Waals surface area (Å²) in [7, 11) is -3.14. The molecule has 6 heteroatoms. The van der Waals surface area contributed by atoms with Gasteiger partial charge in [0.25, 0.3) is 0 Å². The number of rotatable bonds is 3. The highest BCUT2D eigenvalue weighted by molar-refractivity contribution is 9.09. The van der Waals surface area contributed by atoms with Crippen LogP contribution in [0.4, 0.5) is 0 Å². The van der Waals surface area contributed by atoms with Gasteiger partial charge in [-0.15, -0.1) is 0 Å². The summed E-state index contributed by atoms with van der Waals surface area (Å²) in [6, 6.07) is 0. The highest BCUT2D eigenvalue weighted by atomic mass is 79.9. The maximum absolute atomic E-state index is 11.0. The predicted octanol–water partition coefficient (Wildman–Crippen LogP) is 0.0896. The number of hydrogen-bond acceptors (Lipinski definition) is 3. The van der Waals surface area contributed by atoms with Crippen LogP contribution in [0.3, 0.4) is 0 Å². The normalized spacial score (nSPS) is 30.8. The Hall–Kier alpha value is 0.350. The molecule has 0 aliphatic carbocycles. The summed E-state index contributed by atoms with van der Waals surface area (Å²) in [5.74, 6) is 0. The largest absolute Gasteiger partial charge is 0.379 e. The SMILES string of the molecule is CS(=O)(=O)NC1(CBr)CCOC1. The van der Waals surface area contributed by atoms with Gasteiger partial charge in [-0.25, -0.2) is 13.1 Å². The predicted molar refractivity (Wildman–Crippen MR) is 49.9 cm³/mol. The smallest absolute Gasteiger partial charge is 0.209 e. The second-order valence-electron chi connectivity index (χ2n) is 3.09. The minimum absolute atomic E-state index is 0.423. The maximum Gasteiger partial charge on any atom is 0.209 e. The van der Waals surface area contributed by atoms with E-state index in [4.69, 9.17) is 4.74 Å². The molecule has 1 rings (SSSR count). The molecule has 0 amide bonds. The summed E-state index contributed by atoms with van der Waals surface area (Å²) < 4.78 is 29.6. The Balaban J connectivity index is 2.68. The lowest BCUT2D eigenvalue weighted by Crippen LogP contribution is -2.50. The third-order valence-corrected chi connectivity index (χ3v) is 3.64. The lowest BCUT2D eigenvalue weighted by Gasteiger charge is -2.24. The van der Waals surface area contributed by atoms with Crippen LogP contribution in [-0.2, 0) is 14.8 Å². The van der Waals surface area contributed by atoms with Gasteiger partial charge in [-0.2, -0.15) is 0 Å². The fourth-order valence-corrected chi connectivity index (χ4v) is 3.00. The van der Waals surface area contributed by atoms with Crippen LogP contribution in [0.25, 0.3) is 0 Å². The van der Waals surface area contributed by atoms with Crippen molar-refractivity contribution < 1.29 is 13.2 Å². The highest BCUT2D eigenvalue weighted by Gasteiger charge is 2.36. The molecule has 0 radical (unpaired) electrons. The summed E-state index contributed by atoms with van der Waals surface area (Å²) in [6.45, 7) is 1.07. The molecule has 12 heavy (non-hydrogen) atoms. The van der Waals surface area contributed by atoms with Crippen LogP contribution in [-0.4, -0.2) is 38.8 Å². The number of halogens is 1. The number of nitrogens with one attached hydrogen (secondary N) is 1. The lowest BCUT2D eigenvalue weighted by atomic mass is 10.0. The second kappa shape index (κ2) is 3.61. The van der Waals surface area contributed by atoms with Gasteiger partial charge in [0.05, 0.1) is 18.4 Å². The molecule has 0 aromatic heterocycles. The molecule has 1 aliphatic heterocycles. The molecule has 0 spiro atoms. The molecule has 0 aromatic rings. The summed E-state index contributed by atoms with van der Waals surface area (Å²) in [6.07, 6.45) is 1.89. The topological polar surface area (TPSA) is 55.4 Å². The zero-order valence-corrected chi connectivity index (χ0v) is 9.24. The standard InChI is InChI=1S/C6H12BrNO3S/c1-12(9,10)8-6(4-7)2-3-11-5-6/h8H,2-5H2,1H3. The second-order valence-corrected chi connectivity index (χ2v) is 5.40. The van der Waals surface area contributed by atoms with E-state index in [1.54, 1.807) is 0 Å². The molecule has 1 saturated heterocycles. The Morgan fingerprint density at radius 3 is 2.67 bits per heavy atom. The van der Waals surface area contributed by atoms with Crippen molar-refractivity contribution >= 4 is 26.0 Å². The monoisotopic (exact) mass is 257 g/mol. The Morgan fingerprint density at radius 1 is 1.67 bits per heavy atom. The van der Waals surface area contributed by atoms with E-state index in [2.05, 4.69) is 20.7 Å². The van der Waals surface area contributed by atoms with Crippen molar-refractivity contribution in [1.82, 2.24) is 4.72 Å². The van der Waals surface area contributed by atoms with Gasteiger partial charge in [0.15, 0.2) is 0 Å². The van der Waals surface area contributed by atoms with E-state index in [0.29, 0.717) is 18.5 Å². The Labute approximate surface area is 80.8 Å². The van der Waals surface area contributed by atoms with E-state index < -0.39 is 15.6 Å². The maximum atomic E-state index is 11.0. The van der Waals surface area contributed by atoms with E-state index in [0.717, 1.165) is 12.7 Å². The van der Waals surface area contributed by atoms with E-state index in [-0.39, 0.29) is 0 Å². The first-order valence-corrected chi connectivity index (χ1v) is 6.61. The van der Waals surface area contributed by atoms with Crippen molar-refractivity contribution in [3.63, 3.8) is 0 Å². The van der Waals surface area contributed by atoms with Gasteiger partial charge >= 0.3 is 0 Å². The minimum atomic E-state index is -3.14. The van der Waals surface area contributed by atoms with E-state index >= 15 is 0 Å². The first kappa shape index (κ1) is 10.4. The fourth-order valence-electron chi connectivity index (χ4n) is 1.21. The molecule has 0 saturated carbocycles. The molecule has 1 atom stereocenters. The first-order chi connectivity index (χ1) is 5.47. The van der Waals surface area contributed by atoms with Gasteiger partial charge in [0.2, 0.25) is 10.0 Å². The van der Waals surface area contributed by atoms with Gasteiger partial charge in [-0.05, 0) is 6.42 Å². The van der Waals surface area contributed by atoms with Crippen molar-refractivity contribution in [2.24, 2.45) is 0 Å². The van der Waals surface area contributed by atoms with Crippen LogP contribution in [0, 0.1) is 0 Å². The minimum Gasteiger partial charge on any atom is -0.379 e. The molecular formula is C6H12BrNO3S. The van der Waals surface area contributed by atoms with Crippen LogP contribution in [0.2, 0.25) is 0 Å². The van der Waals surface area contributed by atoms with Crippen molar-refractivity contribution in [3.8, 4) is 0 Å². The van der Waals surface area contributed by atoms with Crippen LogP contribution < -0.4 is 4.72 Å². The van der Waals surface area contributed by atoms with Crippen molar-refractivity contribution in [3.05, 3.63) is 0 Å². The quantitative estimate of drug-likeness (QED) is 0.730. The Morgan fingerprint density at radius 2 is 2.33 bits per heavy atom. The van der Waals surface area contributed by atoms with Crippen molar-refractivity contribution in [1.29, 1.82) is 0 Å². The van der Waals surface area contributed by atoms with Crippen molar-refractivity contribution in [2.75, 3.05) is 24.8 Å². The summed E-state index contributed by atoms with van der Waals surface area (Å²) >= 11 is 3.28. The van der Waals surface area contributed by atoms with Gasteiger partial charge in [0, 0.05) is 11.9 Å². The van der Waals surface area contributed by atoms with Gasteiger partial charge in [-0.3, -0.25) is 0 Å². The molecule has 0 aromatic carbocycles. The number of hydrogen-bond donors (Lipinski definition) is 1. The Bertz CT molecular complexity index is 246. The molecule has 1 aliphatic rings. The van der Waals surface area contributed by atoms with E-state index in [1.807, 2.05) is 0 Å². The molecule has 72 valence electrons. The van der Waals surface area contributed by atoms with Gasteiger partial charge in [-0.1, -0.05) is 15.9 Å². The molecule has 1 heterocycles. The molecule has 1 unspecified atom stereocenters. The Kier molecular flexibility index (Phi) is 3.14. The molecular weight excluding hydrogens is 246 g/mol. The summed E-state index contributed by atoms with van der Waals surface area (Å²) in [5.41, 5.74) is -0.423. The van der Waals surface area contributed by atoms with Gasteiger partial charge < -0.3 is 4.74 Å². The van der Waals surface area contributed by atoms with Crippen molar-refractivity contribution in [2.45, 2.75) is 12.0 Å². The average Bonchev–Trinajstić information content (AvgIpc) is 2.34.